The zero-order valence-corrected chi connectivity index (χ0v) is 18.3. The molecule has 2 aromatic rings. The zero-order valence-electron chi connectivity index (χ0n) is 15.9. The van der Waals surface area contributed by atoms with Crippen LogP contribution in [0.3, 0.4) is 0 Å². The lowest BCUT2D eigenvalue weighted by Crippen LogP contribution is -2.29. The van der Waals surface area contributed by atoms with E-state index in [0.29, 0.717) is 16.4 Å². The number of benzene rings is 2. The van der Waals surface area contributed by atoms with Crippen molar-refractivity contribution in [3.63, 3.8) is 0 Å². The smallest absolute Gasteiger partial charge is 0.337 e. The summed E-state index contributed by atoms with van der Waals surface area (Å²) in [5.74, 6) is -0.885. The Morgan fingerprint density at radius 3 is 2.77 bits per heavy atom. The van der Waals surface area contributed by atoms with Gasteiger partial charge in [-0.15, -0.1) is 0 Å². The molecule has 0 radical (unpaired) electrons. The number of sulfone groups is 1. The lowest BCUT2D eigenvalue weighted by atomic mass is 10.1. The first-order chi connectivity index (χ1) is 14.3. The minimum absolute atomic E-state index is 0.00462. The summed E-state index contributed by atoms with van der Waals surface area (Å²) >= 11 is 7.59. The van der Waals surface area contributed by atoms with E-state index in [0.717, 1.165) is 0 Å². The van der Waals surface area contributed by atoms with Gasteiger partial charge in [-0.1, -0.05) is 35.5 Å². The molecule has 2 heterocycles. The summed E-state index contributed by atoms with van der Waals surface area (Å²) in [6.45, 7) is 0.0775. The van der Waals surface area contributed by atoms with E-state index < -0.39 is 21.6 Å². The molecular formula is C20H18ClFN2O4S2. The molecular weight excluding hydrogens is 451 g/mol. The molecule has 1 fully saturated rings. The van der Waals surface area contributed by atoms with Crippen molar-refractivity contribution >= 4 is 50.0 Å². The summed E-state index contributed by atoms with van der Waals surface area (Å²) < 4.78 is 43.1. The minimum Gasteiger partial charge on any atom is -0.465 e. The number of thioether (sulfide) groups is 1. The van der Waals surface area contributed by atoms with Crippen LogP contribution in [0.15, 0.2) is 47.5 Å². The fourth-order valence-corrected chi connectivity index (χ4v) is 7.50. The second-order valence-electron chi connectivity index (χ2n) is 7.04. The van der Waals surface area contributed by atoms with Crippen LogP contribution >= 0.6 is 23.4 Å². The van der Waals surface area contributed by atoms with Gasteiger partial charge in [-0.05, 0) is 30.3 Å². The molecule has 0 spiro atoms. The van der Waals surface area contributed by atoms with Crippen LogP contribution in [0, 0.1) is 5.82 Å². The van der Waals surface area contributed by atoms with Gasteiger partial charge >= 0.3 is 5.97 Å². The molecule has 158 valence electrons. The Kier molecular flexibility index (Phi) is 5.78. The van der Waals surface area contributed by atoms with Crippen LogP contribution in [-0.4, -0.2) is 49.5 Å². The molecule has 1 saturated heterocycles. The number of rotatable bonds is 4. The monoisotopic (exact) mass is 468 g/mol. The molecule has 0 saturated carbocycles. The van der Waals surface area contributed by atoms with Crippen LogP contribution in [0.5, 0.6) is 0 Å². The van der Waals surface area contributed by atoms with Crippen LogP contribution in [0.2, 0.25) is 5.02 Å². The van der Waals surface area contributed by atoms with E-state index in [1.807, 2.05) is 0 Å². The predicted molar refractivity (Wildman–Crippen MR) is 117 cm³/mol. The van der Waals surface area contributed by atoms with Gasteiger partial charge in [-0.3, -0.25) is 4.99 Å². The second-order valence-corrected chi connectivity index (χ2v) is 10.8. The molecule has 0 aromatic heterocycles. The van der Waals surface area contributed by atoms with E-state index in [1.54, 1.807) is 35.2 Å². The van der Waals surface area contributed by atoms with Crippen molar-refractivity contribution in [2.24, 2.45) is 4.99 Å². The van der Waals surface area contributed by atoms with Crippen LogP contribution < -0.4 is 4.90 Å². The minimum atomic E-state index is -3.10. The first kappa shape index (κ1) is 21.1. The van der Waals surface area contributed by atoms with Gasteiger partial charge in [0, 0.05) is 21.5 Å². The van der Waals surface area contributed by atoms with Gasteiger partial charge in [-0.25, -0.2) is 17.6 Å². The summed E-state index contributed by atoms with van der Waals surface area (Å²) in [6.07, 6.45) is 0. The number of ether oxygens (including phenoxy) is 1. The maximum absolute atomic E-state index is 14.5. The zero-order chi connectivity index (χ0) is 21.5. The number of hydrogen-bond acceptors (Lipinski definition) is 7. The first-order valence-electron chi connectivity index (χ1n) is 9.11. The molecule has 0 N–H and O–H groups in total. The number of carbonyl (C=O) groups excluding carboxylic acids is 1. The molecule has 2 aliphatic rings. The Morgan fingerprint density at radius 2 is 2.07 bits per heavy atom. The molecule has 10 heteroatoms. The highest BCUT2D eigenvalue weighted by Crippen LogP contribution is 2.38. The van der Waals surface area contributed by atoms with Crippen molar-refractivity contribution in [1.29, 1.82) is 0 Å². The predicted octanol–water partition coefficient (Wildman–Crippen LogP) is 3.54. The van der Waals surface area contributed by atoms with Gasteiger partial charge in [0.15, 0.2) is 15.0 Å². The van der Waals surface area contributed by atoms with Crippen LogP contribution in [0.1, 0.15) is 15.9 Å². The summed E-state index contributed by atoms with van der Waals surface area (Å²) in [4.78, 5) is 18.4. The molecule has 0 bridgehead atoms. The van der Waals surface area contributed by atoms with Crippen LogP contribution in [0.4, 0.5) is 10.1 Å². The Labute approximate surface area is 183 Å². The number of amidine groups is 1. The van der Waals surface area contributed by atoms with Crippen LogP contribution in [-0.2, 0) is 21.1 Å². The molecule has 0 amide bonds. The van der Waals surface area contributed by atoms with Crippen molar-refractivity contribution in [1.82, 2.24) is 0 Å². The summed E-state index contributed by atoms with van der Waals surface area (Å²) in [5, 5.41) is 0.670. The summed E-state index contributed by atoms with van der Waals surface area (Å²) in [7, 11) is -1.81. The summed E-state index contributed by atoms with van der Waals surface area (Å²) in [5.41, 5.74) is 1.23. The van der Waals surface area contributed by atoms with E-state index in [4.69, 9.17) is 16.3 Å². The normalized spacial score (nSPS) is 21.8. The fraction of sp³-hybridized carbons (Fsp3) is 0.300. The number of fused-ring (bicyclic) bond motifs is 1. The van der Waals surface area contributed by atoms with Crippen molar-refractivity contribution < 1.29 is 22.3 Å². The van der Waals surface area contributed by atoms with Gasteiger partial charge in [-0.2, -0.15) is 0 Å². The van der Waals surface area contributed by atoms with Crippen molar-refractivity contribution in [3.05, 3.63) is 64.4 Å². The van der Waals surface area contributed by atoms with Crippen molar-refractivity contribution in [2.45, 2.75) is 17.8 Å². The first-order valence-corrected chi connectivity index (χ1v) is 12.2. The van der Waals surface area contributed by atoms with E-state index in [9.17, 15) is 17.6 Å². The van der Waals surface area contributed by atoms with Crippen LogP contribution in [0.25, 0.3) is 0 Å². The standard InChI is InChI=1S/C20H18ClFN2O4S2/c1-28-19(25)12-4-2-5-13(8-12)24(9-14-15(21)6-3-7-16(14)22)20-23-17-10-30(26,27)11-18(17)29-20/h2-8,17-18H,9-11H2,1H3/t17-,18-/m1/s1. The van der Waals surface area contributed by atoms with E-state index in [2.05, 4.69) is 4.99 Å². The number of anilines is 1. The molecule has 2 aliphatic heterocycles. The second kappa shape index (κ2) is 8.20. The number of methoxy groups -OCH3 is 1. The van der Waals surface area contributed by atoms with Gasteiger partial charge in [0.05, 0.1) is 36.8 Å². The quantitative estimate of drug-likeness (QED) is 0.639. The molecule has 0 unspecified atom stereocenters. The van der Waals surface area contributed by atoms with Crippen molar-refractivity contribution in [3.8, 4) is 0 Å². The lowest BCUT2D eigenvalue weighted by Gasteiger charge is -2.26. The third-order valence-corrected chi connectivity index (χ3v) is 8.59. The van der Waals surface area contributed by atoms with Gasteiger partial charge in [0.1, 0.15) is 5.82 Å². The fourth-order valence-electron chi connectivity index (χ4n) is 3.50. The largest absolute Gasteiger partial charge is 0.465 e. The molecule has 2 atom stereocenters. The maximum Gasteiger partial charge on any atom is 0.337 e. The number of esters is 1. The number of carbonyl (C=O) groups is 1. The third kappa shape index (κ3) is 4.19. The lowest BCUT2D eigenvalue weighted by molar-refractivity contribution is 0.0600. The number of halogens is 2. The highest BCUT2D eigenvalue weighted by molar-refractivity contribution is 8.15. The Bertz CT molecular complexity index is 1120. The van der Waals surface area contributed by atoms with E-state index in [-0.39, 0.29) is 39.9 Å². The topological polar surface area (TPSA) is 76.0 Å². The molecule has 2 aromatic carbocycles. The number of hydrogen-bond donors (Lipinski definition) is 0. The van der Waals surface area contributed by atoms with Crippen molar-refractivity contribution in [2.75, 3.05) is 23.5 Å². The number of nitrogens with zero attached hydrogens (tertiary/aromatic N) is 2. The third-order valence-electron chi connectivity index (χ3n) is 4.99. The average molecular weight is 469 g/mol. The molecule has 30 heavy (non-hydrogen) atoms. The van der Waals surface area contributed by atoms with Gasteiger partial charge < -0.3 is 9.64 Å². The highest BCUT2D eigenvalue weighted by Gasteiger charge is 2.44. The average Bonchev–Trinajstić information content (AvgIpc) is 3.20. The molecule has 6 nitrogen and oxygen atoms in total. The van der Waals surface area contributed by atoms with E-state index >= 15 is 0 Å². The van der Waals surface area contributed by atoms with E-state index in [1.165, 1.54) is 31.0 Å². The highest BCUT2D eigenvalue weighted by atomic mass is 35.5. The Balaban J connectivity index is 1.74. The van der Waals surface area contributed by atoms with Gasteiger partial charge in [0.2, 0.25) is 0 Å². The number of aliphatic imine (C=N–C) groups is 1. The maximum atomic E-state index is 14.5. The molecule has 0 aliphatic carbocycles. The molecule has 4 rings (SSSR count). The SMILES string of the molecule is COC(=O)c1cccc(N(Cc2c(F)cccc2Cl)C2=N[C@@H]3CS(=O)(=O)C[C@H]3S2)c1. The Morgan fingerprint density at radius 1 is 1.30 bits per heavy atom. The Hall–Kier alpha value is -2.10. The summed E-state index contributed by atoms with van der Waals surface area (Å²) in [6, 6.07) is 10.8. The van der Waals surface area contributed by atoms with Gasteiger partial charge in [0.25, 0.3) is 0 Å².